The molecular weight excluding hydrogens is 238 g/mol. The summed E-state index contributed by atoms with van der Waals surface area (Å²) in [7, 11) is 0. The molecule has 0 unspecified atom stereocenters. The van der Waals surface area contributed by atoms with Gasteiger partial charge in [-0.05, 0) is 18.2 Å². The normalized spacial score (nSPS) is 11.2. The van der Waals surface area contributed by atoms with Crippen molar-refractivity contribution in [3.63, 3.8) is 0 Å². The van der Waals surface area contributed by atoms with E-state index in [9.17, 15) is 0 Å². The number of aromatic nitrogens is 3. The average Bonchev–Trinajstić information content (AvgIpc) is 2.90. The summed E-state index contributed by atoms with van der Waals surface area (Å²) in [5.74, 6) is 0.528. The number of nitrogens with zero attached hydrogens (tertiary/aromatic N) is 3. The summed E-state index contributed by atoms with van der Waals surface area (Å²) in [4.78, 5) is 13.0. The third-order valence-electron chi connectivity index (χ3n) is 3.04. The number of rotatable bonds is 1. The Bertz CT molecular complexity index is 844. The third kappa shape index (κ3) is 1.57. The molecule has 0 atom stereocenters. The molecule has 0 N–H and O–H groups in total. The van der Waals surface area contributed by atoms with Crippen molar-refractivity contribution in [1.82, 2.24) is 15.0 Å². The van der Waals surface area contributed by atoms with E-state index < -0.39 is 0 Å². The maximum absolute atomic E-state index is 5.76. The summed E-state index contributed by atoms with van der Waals surface area (Å²) >= 11 is 0. The van der Waals surface area contributed by atoms with Crippen LogP contribution in [0.25, 0.3) is 33.6 Å². The molecule has 0 aliphatic carbocycles. The third-order valence-corrected chi connectivity index (χ3v) is 3.04. The molecule has 4 nitrogen and oxygen atoms in total. The van der Waals surface area contributed by atoms with E-state index in [4.69, 9.17) is 4.42 Å². The highest BCUT2D eigenvalue weighted by Gasteiger charge is 2.12. The minimum absolute atomic E-state index is 0.528. The molecule has 0 saturated heterocycles. The topological polar surface area (TPSA) is 51.8 Å². The molecule has 19 heavy (non-hydrogen) atoms. The van der Waals surface area contributed by atoms with Gasteiger partial charge in [0.1, 0.15) is 17.5 Å². The molecule has 0 bridgehead atoms. The first-order chi connectivity index (χ1) is 9.42. The van der Waals surface area contributed by atoms with Gasteiger partial charge in [0.2, 0.25) is 5.89 Å². The van der Waals surface area contributed by atoms with E-state index in [0.29, 0.717) is 5.89 Å². The van der Waals surface area contributed by atoms with Crippen molar-refractivity contribution >= 4 is 22.0 Å². The first-order valence-electron chi connectivity index (χ1n) is 5.97. The number of para-hydroxylation sites is 3. The van der Waals surface area contributed by atoms with Crippen LogP contribution in [0.1, 0.15) is 0 Å². The second-order valence-electron chi connectivity index (χ2n) is 4.23. The minimum Gasteiger partial charge on any atom is -0.435 e. The zero-order chi connectivity index (χ0) is 12.7. The summed E-state index contributed by atoms with van der Waals surface area (Å²) < 4.78 is 5.76. The molecule has 2 aromatic carbocycles. The van der Waals surface area contributed by atoms with Crippen LogP contribution < -0.4 is 0 Å². The number of benzene rings is 2. The fourth-order valence-corrected chi connectivity index (χ4v) is 2.15. The van der Waals surface area contributed by atoms with Crippen LogP contribution in [0.4, 0.5) is 0 Å². The highest BCUT2D eigenvalue weighted by Crippen LogP contribution is 2.27. The van der Waals surface area contributed by atoms with Crippen molar-refractivity contribution in [2.45, 2.75) is 0 Å². The maximum Gasteiger partial charge on any atom is 0.247 e. The number of hydrogen-bond donors (Lipinski definition) is 0. The van der Waals surface area contributed by atoms with Crippen LogP contribution in [0, 0.1) is 0 Å². The summed E-state index contributed by atoms with van der Waals surface area (Å²) in [6.45, 7) is 0. The molecule has 2 heterocycles. The summed E-state index contributed by atoms with van der Waals surface area (Å²) in [6.07, 6.45) is 1.53. The number of oxazole rings is 1. The quantitative estimate of drug-likeness (QED) is 0.517. The Morgan fingerprint density at radius 3 is 2.47 bits per heavy atom. The van der Waals surface area contributed by atoms with Crippen LogP contribution in [0.15, 0.2) is 59.3 Å². The van der Waals surface area contributed by atoms with Crippen LogP contribution in [0.3, 0.4) is 0 Å². The zero-order valence-corrected chi connectivity index (χ0v) is 9.95. The molecule has 0 aliphatic rings. The Hall–Kier alpha value is -2.75. The maximum atomic E-state index is 5.76. The Morgan fingerprint density at radius 1 is 0.789 bits per heavy atom. The predicted molar refractivity (Wildman–Crippen MR) is 72.5 cm³/mol. The smallest absolute Gasteiger partial charge is 0.247 e. The molecule has 4 aromatic rings. The monoisotopic (exact) mass is 247 g/mol. The van der Waals surface area contributed by atoms with Crippen LogP contribution in [0.5, 0.6) is 0 Å². The van der Waals surface area contributed by atoms with E-state index in [2.05, 4.69) is 15.0 Å². The van der Waals surface area contributed by atoms with E-state index in [-0.39, 0.29) is 0 Å². The van der Waals surface area contributed by atoms with Gasteiger partial charge in [0.05, 0.1) is 5.52 Å². The molecule has 0 aliphatic heterocycles. The van der Waals surface area contributed by atoms with Crippen molar-refractivity contribution in [3.8, 4) is 11.6 Å². The van der Waals surface area contributed by atoms with E-state index in [1.165, 1.54) is 6.33 Å². The first kappa shape index (κ1) is 10.2. The first-order valence-corrected chi connectivity index (χ1v) is 5.97. The lowest BCUT2D eigenvalue weighted by Crippen LogP contribution is -1.88. The predicted octanol–water partition coefficient (Wildman–Crippen LogP) is 3.44. The van der Waals surface area contributed by atoms with Crippen LogP contribution >= 0.6 is 0 Å². The van der Waals surface area contributed by atoms with Crippen molar-refractivity contribution < 1.29 is 4.42 Å². The largest absolute Gasteiger partial charge is 0.435 e. The zero-order valence-electron chi connectivity index (χ0n) is 9.95. The van der Waals surface area contributed by atoms with Crippen molar-refractivity contribution in [3.05, 3.63) is 54.9 Å². The number of fused-ring (bicyclic) bond motifs is 2. The van der Waals surface area contributed by atoms with Crippen molar-refractivity contribution in [2.75, 3.05) is 0 Å². The molecule has 0 fully saturated rings. The molecular formula is C15H9N3O. The van der Waals surface area contributed by atoms with E-state index in [1.807, 2.05) is 48.5 Å². The second kappa shape index (κ2) is 3.88. The lowest BCUT2D eigenvalue weighted by Gasteiger charge is -1.99. The van der Waals surface area contributed by atoms with Gasteiger partial charge in [0, 0.05) is 5.39 Å². The molecule has 0 saturated carbocycles. The van der Waals surface area contributed by atoms with Crippen LogP contribution in [-0.2, 0) is 0 Å². The Morgan fingerprint density at radius 2 is 1.58 bits per heavy atom. The Balaban J connectivity index is 2.03. The van der Waals surface area contributed by atoms with Gasteiger partial charge in [-0.15, -0.1) is 0 Å². The molecule has 4 heteroatoms. The highest BCUT2D eigenvalue weighted by molar-refractivity contribution is 5.91. The van der Waals surface area contributed by atoms with Gasteiger partial charge in [-0.1, -0.05) is 30.3 Å². The fourth-order valence-electron chi connectivity index (χ4n) is 2.15. The van der Waals surface area contributed by atoms with Crippen molar-refractivity contribution in [1.29, 1.82) is 0 Å². The van der Waals surface area contributed by atoms with Crippen molar-refractivity contribution in [2.24, 2.45) is 0 Å². The fraction of sp³-hybridized carbons (Fsp3) is 0. The summed E-state index contributed by atoms with van der Waals surface area (Å²) in [6, 6.07) is 15.5. The molecule has 0 spiro atoms. The van der Waals surface area contributed by atoms with Gasteiger partial charge < -0.3 is 4.42 Å². The van der Waals surface area contributed by atoms with Gasteiger partial charge in [0.25, 0.3) is 0 Å². The molecule has 90 valence electrons. The standard InChI is InChI=1S/C15H9N3O/c1-2-6-11-10(5-1)14(17-9-16-11)15-18-12-7-3-4-8-13(12)19-15/h1-9H. The van der Waals surface area contributed by atoms with Gasteiger partial charge in [-0.3, -0.25) is 0 Å². The summed E-state index contributed by atoms with van der Waals surface area (Å²) in [5.41, 5.74) is 3.21. The van der Waals surface area contributed by atoms with E-state index in [1.54, 1.807) is 0 Å². The molecule has 0 radical (unpaired) electrons. The SMILES string of the molecule is c1ccc2oc(-c3ncnc4ccccc34)nc2c1. The van der Waals surface area contributed by atoms with Gasteiger partial charge in [-0.25, -0.2) is 15.0 Å². The summed E-state index contributed by atoms with van der Waals surface area (Å²) in [5, 5.41) is 0.941. The molecule has 2 aromatic heterocycles. The second-order valence-corrected chi connectivity index (χ2v) is 4.23. The van der Waals surface area contributed by atoms with Gasteiger partial charge in [0.15, 0.2) is 5.58 Å². The van der Waals surface area contributed by atoms with E-state index >= 15 is 0 Å². The lowest BCUT2D eigenvalue weighted by atomic mass is 10.2. The van der Waals surface area contributed by atoms with Gasteiger partial charge >= 0.3 is 0 Å². The average molecular weight is 247 g/mol. The lowest BCUT2D eigenvalue weighted by molar-refractivity contribution is 0.617. The highest BCUT2D eigenvalue weighted by atomic mass is 16.3. The van der Waals surface area contributed by atoms with E-state index in [0.717, 1.165) is 27.7 Å². The molecule has 4 rings (SSSR count). The Labute approximate surface area is 108 Å². The Kier molecular flexibility index (Phi) is 2.08. The van der Waals surface area contributed by atoms with Gasteiger partial charge in [-0.2, -0.15) is 0 Å². The molecule has 0 amide bonds. The minimum atomic E-state index is 0.528. The van der Waals surface area contributed by atoms with Crippen LogP contribution in [0.2, 0.25) is 0 Å². The van der Waals surface area contributed by atoms with Crippen LogP contribution in [-0.4, -0.2) is 15.0 Å². The number of hydrogen-bond acceptors (Lipinski definition) is 4.